The summed E-state index contributed by atoms with van der Waals surface area (Å²) in [5.74, 6) is -1.63. The van der Waals surface area contributed by atoms with Crippen LogP contribution in [-0.2, 0) is 35.6 Å². The van der Waals surface area contributed by atoms with Crippen LogP contribution in [0.3, 0.4) is 0 Å². The highest BCUT2D eigenvalue weighted by Crippen LogP contribution is 2.37. The zero-order valence-corrected chi connectivity index (χ0v) is 22.3. The Morgan fingerprint density at radius 1 is 1.27 bits per heavy atom. The van der Waals surface area contributed by atoms with E-state index in [1.54, 1.807) is 24.5 Å². The number of carboxylic acids is 1. The maximum absolute atomic E-state index is 14.7. The standard InChI is InChI=1S/C30H26ClFN4O4/c31-24-12-26-28(36(17-34-26)14-21-8-10-39-21)23(27(24)30(37)38)15-35-9-7-19-3-1-2-4-22(19)29(35)40-16-20-6-5-18(13-33)11-25(20)32/h1-6,11-12,17,21,29H,7-10,14-16H2,(H,37,38). The van der Waals surface area contributed by atoms with Crippen LogP contribution in [0.15, 0.2) is 54.9 Å². The SMILES string of the molecule is N#Cc1ccc(COC2c3ccccc3CCN2Cc2c(C(=O)O)c(Cl)cc3ncn(CC4CCO4)c23)c(F)c1. The molecule has 4 aromatic rings. The molecule has 2 aliphatic rings. The van der Waals surface area contributed by atoms with Gasteiger partial charge < -0.3 is 19.1 Å². The van der Waals surface area contributed by atoms with Crippen molar-refractivity contribution in [3.8, 4) is 6.07 Å². The predicted molar refractivity (Wildman–Crippen MR) is 145 cm³/mol. The van der Waals surface area contributed by atoms with E-state index in [9.17, 15) is 14.3 Å². The molecule has 3 aromatic carbocycles. The van der Waals surface area contributed by atoms with Crippen LogP contribution in [-0.4, -0.2) is 44.8 Å². The van der Waals surface area contributed by atoms with Crippen molar-refractivity contribution in [1.29, 1.82) is 5.26 Å². The van der Waals surface area contributed by atoms with Gasteiger partial charge in [0.05, 0.1) is 58.8 Å². The van der Waals surface area contributed by atoms with Gasteiger partial charge in [-0.1, -0.05) is 41.9 Å². The molecule has 0 spiro atoms. The molecule has 0 saturated carbocycles. The van der Waals surface area contributed by atoms with Gasteiger partial charge in [-0.3, -0.25) is 4.90 Å². The Kier molecular flexibility index (Phi) is 7.26. The van der Waals surface area contributed by atoms with Crippen molar-refractivity contribution >= 4 is 28.6 Å². The number of imidazole rings is 1. The van der Waals surface area contributed by atoms with E-state index >= 15 is 0 Å². The molecular weight excluding hydrogens is 535 g/mol. The number of carboxylic acid groups (broad SMARTS) is 1. The van der Waals surface area contributed by atoms with E-state index in [1.807, 2.05) is 34.9 Å². The number of ether oxygens (including phenoxy) is 2. The molecule has 2 unspecified atom stereocenters. The second-order valence-corrected chi connectivity index (χ2v) is 10.5. The first-order chi connectivity index (χ1) is 19.4. The Hall–Kier alpha value is -3.81. The Bertz CT molecular complexity index is 1640. The summed E-state index contributed by atoms with van der Waals surface area (Å²) in [6.07, 6.45) is 2.85. The lowest BCUT2D eigenvalue weighted by atomic mass is 9.96. The Labute approximate surface area is 235 Å². The first kappa shape index (κ1) is 26.4. The van der Waals surface area contributed by atoms with Crippen molar-refractivity contribution in [3.05, 3.63) is 99.1 Å². The van der Waals surface area contributed by atoms with Crippen LogP contribution in [0.2, 0.25) is 5.02 Å². The summed E-state index contributed by atoms with van der Waals surface area (Å²) < 4.78 is 28.6. The molecule has 0 bridgehead atoms. The van der Waals surface area contributed by atoms with E-state index in [1.165, 1.54) is 6.07 Å². The topological polar surface area (TPSA) is 101 Å². The lowest BCUT2D eigenvalue weighted by molar-refractivity contribution is -0.0828. The van der Waals surface area contributed by atoms with Gasteiger partial charge in [0.25, 0.3) is 0 Å². The fraction of sp³-hybridized carbons (Fsp3) is 0.300. The molecule has 40 heavy (non-hydrogen) atoms. The van der Waals surface area contributed by atoms with Gasteiger partial charge in [0.2, 0.25) is 0 Å². The molecule has 204 valence electrons. The molecule has 1 saturated heterocycles. The molecule has 0 amide bonds. The second-order valence-electron chi connectivity index (χ2n) is 10.1. The van der Waals surface area contributed by atoms with Crippen molar-refractivity contribution in [2.75, 3.05) is 13.2 Å². The van der Waals surface area contributed by atoms with Gasteiger partial charge in [0, 0.05) is 30.8 Å². The van der Waals surface area contributed by atoms with Crippen LogP contribution >= 0.6 is 11.6 Å². The normalized spacial score (nSPS) is 18.7. The van der Waals surface area contributed by atoms with Gasteiger partial charge >= 0.3 is 5.97 Å². The summed E-state index contributed by atoms with van der Waals surface area (Å²) in [5, 5.41) is 19.4. The summed E-state index contributed by atoms with van der Waals surface area (Å²) in [6.45, 7) is 2.06. The fourth-order valence-corrected chi connectivity index (χ4v) is 5.80. The quantitative estimate of drug-likeness (QED) is 0.305. The monoisotopic (exact) mass is 560 g/mol. The zero-order valence-electron chi connectivity index (χ0n) is 21.5. The molecule has 10 heteroatoms. The maximum atomic E-state index is 14.7. The molecule has 3 heterocycles. The number of fused-ring (bicyclic) bond motifs is 2. The summed E-state index contributed by atoms with van der Waals surface area (Å²) >= 11 is 6.51. The molecule has 0 aliphatic carbocycles. The number of hydrogen-bond donors (Lipinski definition) is 1. The van der Waals surface area contributed by atoms with Gasteiger partial charge in [0.15, 0.2) is 0 Å². The van der Waals surface area contributed by atoms with Crippen molar-refractivity contribution < 1.29 is 23.8 Å². The van der Waals surface area contributed by atoms with Gasteiger partial charge in [-0.2, -0.15) is 5.26 Å². The van der Waals surface area contributed by atoms with Crippen LogP contribution in [0.25, 0.3) is 11.0 Å². The number of hydrogen-bond acceptors (Lipinski definition) is 6. The van der Waals surface area contributed by atoms with Crippen molar-refractivity contribution in [2.24, 2.45) is 0 Å². The molecule has 8 nitrogen and oxygen atoms in total. The number of nitrogens with zero attached hydrogens (tertiary/aromatic N) is 4. The largest absolute Gasteiger partial charge is 0.478 e. The molecule has 2 atom stereocenters. The number of aromatic nitrogens is 2. The third-order valence-corrected chi connectivity index (χ3v) is 7.92. The van der Waals surface area contributed by atoms with Crippen molar-refractivity contribution in [2.45, 2.75) is 44.9 Å². The van der Waals surface area contributed by atoms with Crippen molar-refractivity contribution in [3.63, 3.8) is 0 Å². The summed E-state index contributed by atoms with van der Waals surface area (Å²) in [7, 11) is 0. The summed E-state index contributed by atoms with van der Waals surface area (Å²) in [4.78, 5) is 19.0. The average Bonchev–Trinajstić information content (AvgIpc) is 3.32. The van der Waals surface area contributed by atoms with E-state index in [0.717, 1.165) is 24.0 Å². The van der Waals surface area contributed by atoms with Gasteiger partial charge in [0.1, 0.15) is 12.0 Å². The van der Waals surface area contributed by atoms with Crippen LogP contribution in [0, 0.1) is 17.1 Å². The van der Waals surface area contributed by atoms with Gasteiger partial charge in [-0.25, -0.2) is 14.2 Å². The number of aromatic carboxylic acids is 1. The highest BCUT2D eigenvalue weighted by molar-refractivity contribution is 6.34. The highest BCUT2D eigenvalue weighted by Gasteiger charge is 2.32. The highest BCUT2D eigenvalue weighted by atomic mass is 35.5. The van der Waals surface area contributed by atoms with E-state index in [2.05, 4.69) is 9.88 Å². The van der Waals surface area contributed by atoms with Gasteiger partial charge in [-0.15, -0.1) is 0 Å². The summed E-state index contributed by atoms with van der Waals surface area (Å²) in [6, 6.07) is 15.8. The third-order valence-electron chi connectivity index (χ3n) is 7.62. The Morgan fingerprint density at radius 2 is 2.10 bits per heavy atom. The van der Waals surface area contributed by atoms with E-state index in [0.29, 0.717) is 41.9 Å². The van der Waals surface area contributed by atoms with Crippen molar-refractivity contribution in [1.82, 2.24) is 14.5 Å². The van der Waals surface area contributed by atoms with E-state index in [-0.39, 0.29) is 35.4 Å². The van der Waals surface area contributed by atoms with Crippen LogP contribution in [0.1, 0.15) is 50.8 Å². The third kappa shape index (κ3) is 4.95. The molecule has 1 fully saturated rings. The Balaban J connectivity index is 1.38. The smallest absolute Gasteiger partial charge is 0.337 e. The minimum absolute atomic E-state index is 0.0270. The molecule has 1 N–H and O–H groups in total. The second kappa shape index (κ2) is 11.0. The molecule has 1 aromatic heterocycles. The number of rotatable bonds is 8. The number of halogens is 2. The van der Waals surface area contributed by atoms with Crippen LogP contribution < -0.4 is 0 Å². The first-order valence-corrected chi connectivity index (χ1v) is 13.4. The molecular formula is C30H26ClFN4O4. The van der Waals surface area contributed by atoms with E-state index in [4.69, 9.17) is 26.3 Å². The van der Waals surface area contributed by atoms with Gasteiger partial charge in [-0.05, 0) is 42.2 Å². The lowest BCUT2D eigenvalue weighted by Gasteiger charge is -2.37. The molecule has 0 radical (unpaired) electrons. The average molecular weight is 561 g/mol. The number of benzene rings is 3. The van der Waals surface area contributed by atoms with Crippen LogP contribution in [0.4, 0.5) is 4.39 Å². The first-order valence-electron chi connectivity index (χ1n) is 13.1. The van der Waals surface area contributed by atoms with Crippen LogP contribution in [0.5, 0.6) is 0 Å². The maximum Gasteiger partial charge on any atom is 0.337 e. The minimum Gasteiger partial charge on any atom is -0.478 e. The minimum atomic E-state index is -1.12. The predicted octanol–water partition coefficient (Wildman–Crippen LogP) is 5.46. The lowest BCUT2D eigenvalue weighted by Crippen LogP contribution is -2.37. The molecule has 2 aliphatic heterocycles. The summed E-state index contributed by atoms with van der Waals surface area (Å²) in [5.41, 5.74) is 4.51. The number of carbonyl (C=O) groups is 1. The fourth-order valence-electron chi connectivity index (χ4n) is 5.50. The Morgan fingerprint density at radius 3 is 2.83 bits per heavy atom. The zero-order chi connectivity index (χ0) is 27.8. The number of nitriles is 1. The van der Waals surface area contributed by atoms with E-state index < -0.39 is 18.0 Å². The molecule has 6 rings (SSSR count).